The fourth-order valence-electron chi connectivity index (χ4n) is 4.86. The van der Waals surface area contributed by atoms with Crippen LogP contribution in [0.1, 0.15) is 69.7 Å². The molecule has 1 aliphatic heterocycles. The zero-order chi connectivity index (χ0) is 24.8. The molecule has 10 heteroatoms. The molecule has 4 heterocycles. The van der Waals surface area contributed by atoms with E-state index in [2.05, 4.69) is 10.3 Å². The van der Waals surface area contributed by atoms with Crippen LogP contribution in [0.2, 0.25) is 0 Å². The van der Waals surface area contributed by atoms with Crippen LogP contribution in [-0.4, -0.2) is 50.2 Å². The second-order valence-corrected chi connectivity index (χ2v) is 11.4. The first kappa shape index (κ1) is 23.3. The van der Waals surface area contributed by atoms with Gasteiger partial charge in [0.1, 0.15) is 17.2 Å². The first-order valence-electron chi connectivity index (χ1n) is 12.3. The quantitative estimate of drug-likeness (QED) is 0.374. The van der Waals surface area contributed by atoms with Crippen molar-refractivity contribution in [3.8, 4) is 10.4 Å². The molecule has 0 spiro atoms. The summed E-state index contributed by atoms with van der Waals surface area (Å²) < 4.78 is 15.4. The Morgan fingerprint density at radius 3 is 2.72 bits per heavy atom. The highest BCUT2D eigenvalue weighted by Gasteiger charge is 2.34. The van der Waals surface area contributed by atoms with E-state index in [1.807, 2.05) is 27.8 Å². The number of benzene rings is 1. The van der Waals surface area contributed by atoms with Crippen LogP contribution in [0, 0.1) is 12.7 Å². The number of rotatable bonds is 6. The number of nitrogens with one attached hydrogen (secondary N) is 1. The molecule has 0 bridgehead atoms. The van der Waals surface area contributed by atoms with Gasteiger partial charge in [0.2, 0.25) is 0 Å². The summed E-state index contributed by atoms with van der Waals surface area (Å²) in [6.45, 7) is 2.83. The molecule has 0 unspecified atom stereocenters. The number of nitrogens with zero attached hydrogens (tertiary/aromatic N) is 4. The van der Waals surface area contributed by atoms with Crippen LogP contribution in [0.5, 0.6) is 0 Å². The Hall–Kier alpha value is -3.11. The van der Waals surface area contributed by atoms with E-state index in [1.54, 1.807) is 23.5 Å². The number of halogens is 1. The third-order valence-corrected chi connectivity index (χ3v) is 8.94. The molecule has 1 aliphatic carbocycles. The van der Waals surface area contributed by atoms with E-state index in [-0.39, 0.29) is 23.7 Å². The van der Waals surface area contributed by atoms with Gasteiger partial charge in [-0.2, -0.15) is 0 Å². The molecule has 1 saturated carbocycles. The lowest BCUT2D eigenvalue weighted by Gasteiger charge is -2.35. The fourth-order valence-corrected chi connectivity index (χ4v) is 6.85. The molecule has 1 atom stereocenters. The van der Waals surface area contributed by atoms with E-state index in [4.69, 9.17) is 4.98 Å². The minimum absolute atomic E-state index is 0.114. The van der Waals surface area contributed by atoms with Gasteiger partial charge >= 0.3 is 0 Å². The second kappa shape index (κ2) is 9.40. The number of imidazole rings is 1. The van der Waals surface area contributed by atoms with Crippen LogP contribution in [0.15, 0.2) is 35.8 Å². The van der Waals surface area contributed by atoms with Gasteiger partial charge in [-0.05, 0) is 56.7 Å². The maximum Gasteiger partial charge on any atom is 0.274 e. The lowest BCUT2D eigenvalue weighted by atomic mass is 10.0. The molecule has 4 aromatic rings. The molecule has 1 N–H and O–H groups in total. The first-order valence-corrected chi connectivity index (χ1v) is 14.0. The van der Waals surface area contributed by atoms with Gasteiger partial charge in [0.15, 0.2) is 4.96 Å². The number of carbonyl (C=O) groups excluding carboxylic acids is 2. The van der Waals surface area contributed by atoms with Crippen molar-refractivity contribution < 1.29 is 14.0 Å². The number of carbonyl (C=O) groups is 2. The normalized spacial score (nSPS) is 18.1. The molecular formula is C26H26FN5O2S2. The monoisotopic (exact) mass is 523 g/mol. The average Bonchev–Trinajstić information content (AvgIpc) is 3.34. The summed E-state index contributed by atoms with van der Waals surface area (Å²) in [5.41, 5.74) is 2.47. The highest BCUT2D eigenvalue weighted by atomic mass is 32.1. The molecule has 6 rings (SSSR count). The number of hydrogen-bond acceptors (Lipinski definition) is 6. The van der Waals surface area contributed by atoms with E-state index in [9.17, 15) is 14.0 Å². The van der Waals surface area contributed by atoms with Gasteiger partial charge in [-0.25, -0.2) is 14.4 Å². The van der Waals surface area contributed by atoms with Crippen molar-refractivity contribution in [1.82, 2.24) is 24.6 Å². The minimum atomic E-state index is -0.307. The molecular weight excluding hydrogens is 497 g/mol. The number of aryl methyl sites for hydroxylation is 1. The Balaban J connectivity index is 1.24. The number of piperidine rings is 1. The van der Waals surface area contributed by atoms with Crippen LogP contribution in [-0.2, 0) is 0 Å². The standard InChI is InChI=1S/C26H26FN5O2S2/c1-15-21(32-12-13-35-26(32)29-15)23(33)28-14-19-4-2-3-11-31(19)25(34)20-22(16-7-9-18(27)10-8-16)36-24(30-20)17-5-6-17/h7-10,12-13,17,19H,2-6,11,14H2,1H3,(H,28,33)/t19-/m0/s1. The number of amides is 2. The third-order valence-electron chi connectivity index (χ3n) is 6.92. The van der Waals surface area contributed by atoms with Gasteiger partial charge < -0.3 is 10.2 Å². The molecule has 0 radical (unpaired) electrons. The summed E-state index contributed by atoms with van der Waals surface area (Å²) in [5, 5.41) is 5.94. The fraction of sp³-hybridized carbons (Fsp3) is 0.385. The van der Waals surface area contributed by atoms with Crippen LogP contribution in [0.25, 0.3) is 15.4 Å². The summed E-state index contributed by atoms with van der Waals surface area (Å²) in [6.07, 6.45) is 6.76. The SMILES string of the molecule is Cc1nc2sccn2c1C(=O)NC[C@@H]1CCCCN1C(=O)c1nc(C2CC2)sc1-c1ccc(F)cc1. The molecule has 2 fully saturated rings. The zero-order valence-electron chi connectivity index (χ0n) is 19.9. The van der Waals surface area contributed by atoms with Crippen molar-refractivity contribution >= 4 is 39.4 Å². The third kappa shape index (κ3) is 4.32. The molecule has 186 valence electrons. The summed E-state index contributed by atoms with van der Waals surface area (Å²) >= 11 is 3.03. The number of hydrogen-bond donors (Lipinski definition) is 1. The highest BCUT2D eigenvalue weighted by molar-refractivity contribution is 7.15. The Morgan fingerprint density at radius 1 is 1.14 bits per heavy atom. The number of thiazole rings is 2. The van der Waals surface area contributed by atoms with Gasteiger partial charge in [-0.3, -0.25) is 14.0 Å². The van der Waals surface area contributed by atoms with Gasteiger partial charge in [-0.15, -0.1) is 22.7 Å². The predicted octanol–water partition coefficient (Wildman–Crippen LogP) is 5.27. The topological polar surface area (TPSA) is 79.6 Å². The molecule has 2 amide bonds. The van der Waals surface area contributed by atoms with Crippen molar-refractivity contribution in [2.75, 3.05) is 13.1 Å². The second-order valence-electron chi connectivity index (χ2n) is 9.47. The van der Waals surface area contributed by atoms with E-state index in [0.717, 1.165) is 52.5 Å². The molecule has 3 aromatic heterocycles. The Kier molecular flexibility index (Phi) is 6.08. The van der Waals surface area contributed by atoms with E-state index >= 15 is 0 Å². The van der Waals surface area contributed by atoms with Crippen LogP contribution < -0.4 is 5.32 Å². The van der Waals surface area contributed by atoms with Crippen molar-refractivity contribution in [1.29, 1.82) is 0 Å². The number of aromatic nitrogens is 3. The lowest BCUT2D eigenvalue weighted by Crippen LogP contribution is -2.49. The Morgan fingerprint density at radius 2 is 1.94 bits per heavy atom. The molecule has 1 aromatic carbocycles. The van der Waals surface area contributed by atoms with Crippen LogP contribution in [0.4, 0.5) is 4.39 Å². The van der Waals surface area contributed by atoms with Gasteiger partial charge in [0, 0.05) is 36.6 Å². The first-order chi connectivity index (χ1) is 17.5. The highest BCUT2D eigenvalue weighted by Crippen LogP contribution is 2.45. The maximum absolute atomic E-state index is 13.9. The zero-order valence-corrected chi connectivity index (χ0v) is 21.5. The summed E-state index contributed by atoms with van der Waals surface area (Å²) in [4.78, 5) is 39.6. The summed E-state index contributed by atoms with van der Waals surface area (Å²) in [5.74, 6) is -0.191. The Bertz CT molecular complexity index is 1440. The molecule has 7 nitrogen and oxygen atoms in total. The average molecular weight is 524 g/mol. The lowest BCUT2D eigenvalue weighted by molar-refractivity contribution is 0.0597. The predicted molar refractivity (Wildman–Crippen MR) is 138 cm³/mol. The number of likely N-dealkylation sites (tertiary alicyclic amines) is 1. The van der Waals surface area contributed by atoms with Crippen LogP contribution in [0.3, 0.4) is 0 Å². The van der Waals surface area contributed by atoms with Gasteiger partial charge in [0.25, 0.3) is 11.8 Å². The van der Waals surface area contributed by atoms with E-state index in [0.29, 0.717) is 36.1 Å². The summed E-state index contributed by atoms with van der Waals surface area (Å²) in [6, 6.07) is 6.14. The minimum Gasteiger partial charge on any atom is -0.349 e. The van der Waals surface area contributed by atoms with Crippen molar-refractivity contribution in [3.05, 3.63) is 63.7 Å². The molecule has 1 saturated heterocycles. The maximum atomic E-state index is 13.9. The van der Waals surface area contributed by atoms with Crippen molar-refractivity contribution in [2.24, 2.45) is 0 Å². The van der Waals surface area contributed by atoms with Gasteiger partial charge in [-0.1, -0.05) is 12.1 Å². The summed E-state index contributed by atoms with van der Waals surface area (Å²) in [7, 11) is 0. The smallest absolute Gasteiger partial charge is 0.274 e. The van der Waals surface area contributed by atoms with E-state index in [1.165, 1.54) is 23.5 Å². The Labute approximate surface area is 216 Å². The number of fused-ring (bicyclic) bond motifs is 1. The molecule has 36 heavy (non-hydrogen) atoms. The van der Waals surface area contributed by atoms with Gasteiger partial charge in [0.05, 0.1) is 15.6 Å². The largest absolute Gasteiger partial charge is 0.349 e. The van der Waals surface area contributed by atoms with E-state index < -0.39 is 0 Å². The molecule has 2 aliphatic rings. The van der Waals surface area contributed by atoms with Crippen molar-refractivity contribution in [3.63, 3.8) is 0 Å². The van der Waals surface area contributed by atoms with Crippen LogP contribution >= 0.6 is 22.7 Å². The van der Waals surface area contributed by atoms with Crippen molar-refractivity contribution in [2.45, 2.75) is 51.0 Å².